The molecule has 0 fully saturated rings. The predicted octanol–water partition coefficient (Wildman–Crippen LogP) is -0.00900. The standard InChI is InChI=1S/C14H22O9/c1-8(15)20-6-12(22-10(3)17)14(19-5)13(23-11(4)18)7-21-9(2)16/h12-14H,6-7H2,1-5H3/t12-,13-/m1/s1. The third-order valence-electron chi connectivity index (χ3n) is 2.54. The molecule has 9 nitrogen and oxygen atoms in total. The van der Waals surface area contributed by atoms with Gasteiger partial charge in [0.15, 0.2) is 12.2 Å². The van der Waals surface area contributed by atoms with Crippen molar-refractivity contribution in [1.82, 2.24) is 0 Å². The van der Waals surface area contributed by atoms with Crippen LogP contribution in [0.5, 0.6) is 0 Å². The van der Waals surface area contributed by atoms with Crippen LogP contribution in [-0.2, 0) is 42.9 Å². The van der Waals surface area contributed by atoms with Crippen molar-refractivity contribution in [2.75, 3.05) is 20.3 Å². The third-order valence-corrected chi connectivity index (χ3v) is 2.54. The van der Waals surface area contributed by atoms with Crippen LogP contribution in [0.1, 0.15) is 27.7 Å². The Morgan fingerprint density at radius 1 is 0.696 bits per heavy atom. The zero-order chi connectivity index (χ0) is 18.0. The van der Waals surface area contributed by atoms with Crippen LogP contribution >= 0.6 is 0 Å². The van der Waals surface area contributed by atoms with E-state index in [9.17, 15) is 19.2 Å². The molecule has 23 heavy (non-hydrogen) atoms. The van der Waals surface area contributed by atoms with Crippen molar-refractivity contribution in [1.29, 1.82) is 0 Å². The van der Waals surface area contributed by atoms with Crippen molar-refractivity contribution >= 4 is 23.9 Å². The molecule has 2 atom stereocenters. The van der Waals surface area contributed by atoms with Crippen LogP contribution in [0.15, 0.2) is 0 Å². The van der Waals surface area contributed by atoms with E-state index < -0.39 is 42.2 Å². The average molecular weight is 334 g/mol. The topological polar surface area (TPSA) is 114 Å². The van der Waals surface area contributed by atoms with Crippen LogP contribution < -0.4 is 0 Å². The molecule has 0 N–H and O–H groups in total. The smallest absolute Gasteiger partial charge is 0.303 e. The molecule has 0 aliphatic heterocycles. The quantitative estimate of drug-likeness (QED) is 0.424. The molecule has 0 aromatic carbocycles. The van der Waals surface area contributed by atoms with Crippen molar-refractivity contribution in [3.8, 4) is 0 Å². The fourth-order valence-electron chi connectivity index (χ4n) is 1.76. The minimum absolute atomic E-state index is 0.300. The van der Waals surface area contributed by atoms with E-state index in [4.69, 9.17) is 23.7 Å². The Hall–Kier alpha value is -2.16. The molecule has 0 saturated carbocycles. The van der Waals surface area contributed by atoms with Gasteiger partial charge in [-0.3, -0.25) is 19.2 Å². The number of methoxy groups -OCH3 is 1. The van der Waals surface area contributed by atoms with Gasteiger partial charge in [0.05, 0.1) is 0 Å². The van der Waals surface area contributed by atoms with Gasteiger partial charge in [-0.1, -0.05) is 0 Å². The number of esters is 4. The summed E-state index contributed by atoms with van der Waals surface area (Å²) in [5.74, 6) is -2.45. The summed E-state index contributed by atoms with van der Waals surface area (Å²) >= 11 is 0. The molecule has 0 aromatic heterocycles. The van der Waals surface area contributed by atoms with Crippen LogP contribution in [0.2, 0.25) is 0 Å². The zero-order valence-corrected chi connectivity index (χ0v) is 13.8. The summed E-state index contributed by atoms with van der Waals surface area (Å²) in [6.07, 6.45) is -3.08. The largest absolute Gasteiger partial charge is 0.462 e. The van der Waals surface area contributed by atoms with Crippen molar-refractivity contribution in [2.24, 2.45) is 0 Å². The number of carbonyl (C=O) groups is 4. The second-order valence-corrected chi connectivity index (χ2v) is 4.60. The fraction of sp³-hybridized carbons (Fsp3) is 0.714. The summed E-state index contributed by atoms with van der Waals surface area (Å²) in [4.78, 5) is 44.3. The highest BCUT2D eigenvalue weighted by Crippen LogP contribution is 2.14. The van der Waals surface area contributed by atoms with Crippen molar-refractivity contribution < 1.29 is 42.9 Å². The molecule has 0 amide bonds. The minimum atomic E-state index is -1.04. The lowest BCUT2D eigenvalue weighted by Crippen LogP contribution is -2.48. The molecular formula is C14H22O9. The summed E-state index contributed by atoms with van der Waals surface area (Å²) in [5, 5.41) is 0. The van der Waals surface area contributed by atoms with Crippen LogP contribution in [0.25, 0.3) is 0 Å². The molecule has 0 radical (unpaired) electrons. The summed E-state index contributed by atoms with van der Waals surface area (Å²) < 4.78 is 25.0. The van der Waals surface area contributed by atoms with Gasteiger partial charge in [-0.2, -0.15) is 0 Å². The summed E-state index contributed by atoms with van der Waals surface area (Å²) in [5.41, 5.74) is 0. The Labute approximate surface area is 134 Å². The molecule has 0 heterocycles. The number of hydrogen-bond acceptors (Lipinski definition) is 9. The predicted molar refractivity (Wildman–Crippen MR) is 75.2 cm³/mol. The lowest BCUT2D eigenvalue weighted by Gasteiger charge is -2.30. The maximum absolute atomic E-state index is 11.2. The number of carbonyl (C=O) groups excluding carboxylic acids is 4. The summed E-state index contributed by atoms with van der Waals surface area (Å²) in [7, 11) is 1.29. The third kappa shape index (κ3) is 9.46. The molecule has 0 aromatic rings. The molecule has 0 unspecified atom stereocenters. The lowest BCUT2D eigenvalue weighted by molar-refractivity contribution is -0.186. The van der Waals surface area contributed by atoms with E-state index in [1.165, 1.54) is 34.8 Å². The second-order valence-electron chi connectivity index (χ2n) is 4.60. The number of ether oxygens (including phenoxy) is 5. The maximum Gasteiger partial charge on any atom is 0.303 e. The first-order chi connectivity index (χ1) is 10.7. The SMILES string of the molecule is COC([C@@H](COC(C)=O)OC(C)=O)[C@@H](COC(C)=O)OC(C)=O. The van der Waals surface area contributed by atoms with E-state index in [-0.39, 0.29) is 13.2 Å². The molecule has 9 heteroatoms. The van der Waals surface area contributed by atoms with Gasteiger partial charge >= 0.3 is 23.9 Å². The Morgan fingerprint density at radius 2 is 1.04 bits per heavy atom. The molecule has 132 valence electrons. The molecule has 0 saturated heterocycles. The van der Waals surface area contributed by atoms with Gasteiger partial charge in [-0.15, -0.1) is 0 Å². The van der Waals surface area contributed by atoms with Crippen LogP contribution in [0.4, 0.5) is 0 Å². The summed E-state index contributed by atoms with van der Waals surface area (Å²) in [6, 6.07) is 0. The lowest BCUT2D eigenvalue weighted by atomic mass is 10.1. The van der Waals surface area contributed by atoms with Crippen LogP contribution in [0, 0.1) is 0 Å². The van der Waals surface area contributed by atoms with Crippen LogP contribution in [-0.4, -0.2) is 62.5 Å². The first kappa shape index (κ1) is 20.8. The highest BCUT2D eigenvalue weighted by atomic mass is 16.6. The van der Waals surface area contributed by atoms with Gasteiger partial charge < -0.3 is 23.7 Å². The van der Waals surface area contributed by atoms with E-state index >= 15 is 0 Å². The van der Waals surface area contributed by atoms with E-state index in [0.717, 1.165) is 0 Å². The van der Waals surface area contributed by atoms with Crippen molar-refractivity contribution in [2.45, 2.75) is 46.0 Å². The summed E-state index contributed by atoms with van der Waals surface area (Å²) in [6.45, 7) is 4.11. The zero-order valence-electron chi connectivity index (χ0n) is 13.8. The number of rotatable bonds is 9. The van der Waals surface area contributed by atoms with Crippen molar-refractivity contribution in [3.05, 3.63) is 0 Å². The Balaban J connectivity index is 5.21. The monoisotopic (exact) mass is 334 g/mol. The highest BCUT2D eigenvalue weighted by molar-refractivity contribution is 5.68. The van der Waals surface area contributed by atoms with Gasteiger partial charge in [0.1, 0.15) is 19.3 Å². The van der Waals surface area contributed by atoms with Gasteiger partial charge in [-0.05, 0) is 0 Å². The second kappa shape index (κ2) is 10.5. The van der Waals surface area contributed by atoms with Gasteiger partial charge in [-0.25, -0.2) is 0 Å². The first-order valence-corrected chi connectivity index (χ1v) is 6.81. The Morgan fingerprint density at radius 3 is 1.26 bits per heavy atom. The normalized spacial score (nSPS) is 13.0. The first-order valence-electron chi connectivity index (χ1n) is 6.81. The Bertz CT molecular complexity index is 394. The van der Waals surface area contributed by atoms with Gasteiger partial charge in [0.2, 0.25) is 0 Å². The van der Waals surface area contributed by atoms with E-state index in [0.29, 0.717) is 0 Å². The molecular weight excluding hydrogens is 312 g/mol. The van der Waals surface area contributed by atoms with E-state index in [2.05, 4.69) is 0 Å². The molecule has 0 rings (SSSR count). The van der Waals surface area contributed by atoms with Gasteiger partial charge in [0.25, 0.3) is 0 Å². The number of hydrogen-bond donors (Lipinski definition) is 0. The molecule has 0 aliphatic rings. The maximum atomic E-state index is 11.2. The molecule has 0 bridgehead atoms. The van der Waals surface area contributed by atoms with Crippen LogP contribution in [0.3, 0.4) is 0 Å². The fourth-order valence-corrected chi connectivity index (χ4v) is 1.76. The van der Waals surface area contributed by atoms with E-state index in [1.807, 2.05) is 0 Å². The Kier molecular flexibility index (Phi) is 9.56. The van der Waals surface area contributed by atoms with E-state index in [1.54, 1.807) is 0 Å². The molecule has 0 spiro atoms. The highest BCUT2D eigenvalue weighted by Gasteiger charge is 2.36. The average Bonchev–Trinajstić information content (AvgIpc) is 2.41. The van der Waals surface area contributed by atoms with Gasteiger partial charge in [0, 0.05) is 34.8 Å². The van der Waals surface area contributed by atoms with Crippen molar-refractivity contribution in [3.63, 3.8) is 0 Å². The molecule has 0 aliphatic carbocycles. The minimum Gasteiger partial charge on any atom is -0.462 e.